The highest BCUT2D eigenvalue weighted by molar-refractivity contribution is 6.06. The quantitative estimate of drug-likeness (QED) is 0.511. The summed E-state index contributed by atoms with van der Waals surface area (Å²) in [4.78, 5) is 11.8. The zero-order valence-electron chi connectivity index (χ0n) is 10.5. The van der Waals surface area contributed by atoms with Crippen LogP contribution in [0.25, 0.3) is 0 Å². The number of para-hydroxylation sites is 2. The lowest BCUT2D eigenvalue weighted by Crippen LogP contribution is -2.22. The number of anilines is 2. The van der Waals surface area contributed by atoms with Crippen LogP contribution in [0.3, 0.4) is 0 Å². The zero-order chi connectivity index (χ0) is 14.5. The Balaban J connectivity index is 2.13. The first-order valence-corrected chi connectivity index (χ1v) is 5.84. The molecule has 0 radical (unpaired) electrons. The van der Waals surface area contributed by atoms with Crippen LogP contribution in [0.1, 0.15) is 5.56 Å². The van der Waals surface area contributed by atoms with Crippen molar-refractivity contribution in [3.05, 3.63) is 59.9 Å². The molecule has 0 aromatic heterocycles. The Morgan fingerprint density at radius 1 is 1.00 bits per heavy atom. The van der Waals surface area contributed by atoms with Gasteiger partial charge in [0.05, 0.1) is 11.4 Å². The molecule has 5 N–H and O–H groups in total. The van der Waals surface area contributed by atoms with Crippen molar-refractivity contribution in [2.75, 3.05) is 10.6 Å². The lowest BCUT2D eigenvalue weighted by molar-refractivity contribution is 0.262. The molecule has 5 nitrogen and oxygen atoms in total. The number of carbonyl (C=O) groups excluding carboxylic acids is 1. The van der Waals surface area contributed by atoms with Crippen LogP contribution in [0.4, 0.5) is 20.6 Å². The fourth-order valence-electron chi connectivity index (χ4n) is 1.67. The summed E-state index contributed by atoms with van der Waals surface area (Å²) < 4.78 is 13.4. The monoisotopic (exact) mass is 272 g/mol. The van der Waals surface area contributed by atoms with E-state index in [1.807, 2.05) is 0 Å². The average Bonchev–Trinajstić information content (AvgIpc) is 2.41. The fourth-order valence-corrected chi connectivity index (χ4v) is 1.67. The lowest BCUT2D eigenvalue weighted by atomic mass is 10.1. The van der Waals surface area contributed by atoms with Crippen LogP contribution in [0.5, 0.6) is 0 Å². The van der Waals surface area contributed by atoms with Gasteiger partial charge in [0.15, 0.2) is 0 Å². The van der Waals surface area contributed by atoms with Gasteiger partial charge < -0.3 is 16.4 Å². The Hall–Kier alpha value is -2.89. The summed E-state index contributed by atoms with van der Waals surface area (Å²) >= 11 is 0. The SMILES string of the molecule is N=C(N)c1ccccc1NC(=O)Nc1ccccc1F. The fraction of sp³-hybridized carbons (Fsp3) is 0. The molecule has 0 aliphatic rings. The van der Waals surface area contributed by atoms with Crippen molar-refractivity contribution in [1.82, 2.24) is 0 Å². The molecule has 0 unspecified atom stereocenters. The molecule has 0 saturated heterocycles. The number of nitrogens with one attached hydrogen (secondary N) is 3. The number of nitrogen functional groups attached to an aromatic ring is 1. The number of rotatable bonds is 3. The summed E-state index contributed by atoms with van der Waals surface area (Å²) in [6.45, 7) is 0. The molecule has 2 rings (SSSR count). The van der Waals surface area contributed by atoms with Gasteiger partial charge in [-0.1, -0.05) is 24.3 Å². The molecule has 0 fully saturated rings. The Kier molecular flexibility index (Phi) is 3.95. The molecule has 0 aliphatic carbocycles. The van der Waals surface area contributed by atoms with Gasteiger partial charge in [0, 0.05) is 5.56 Å². The minimum atomic E-state index is -0.608. The van der Waals surface area contributed by atoms with Crippen molar-refractivity contribution < 1.29 is 9.18 Å². The highest BCUT2D eigenvalue weighted by Crippen LogP contribution is 2.16. The van der Waals surface area contributed by atoms with Crippen LogP contribution in [0, 0.1) is 11.2 Å². The number of hydrogen-bond donors (Lipinski definition) is 4. The van der Waals surface area contributed by atoms with Crippen LogP contribution in [0.2, 0.25) is 0 Å². The second-order valence-electron chi connectivity index (χ2n) is 4.02. The maximum absolute atomic E-state index is 13.4. The minimum Gasteiger partial charge on any atom is -0.384 e. The van der Waals surface area contributed by atoms with E-state index in [9.17, 15) is 9.18 Å². The number of benzene rings is 2. The van der Waals surface area contributed by atoms with Crippen molar-refractivity contribution >= 4 is 23.2 Å². The molecule has 2 aromatic rings. The van der Waals surface area contributed by atoms with E-state index < -0.39 is 11.8 Å². The summed E-state index contributed by atoms with van der Waals surface area (Å²) in [5, 5.41) is 12.3. The highest BCUT2D eigenvalue weighted by atomic mass is 19.1. The van der Waals surface area contributed by atoms with Gasteiger partial charge in [0.25, 0.3) is 0 Å². The Morgan fingerprint density at radius 2 is 1.55 bits per heavy atom. The van der Waals surface area contributed by atoms with E-state index in [4.69, 9.17) is 11.1 Å². The number of nitrogens with two attached hydrogens (primary N) is 1. The van der Waals surface area contributed by atoms with Gasteiger partial charge in [0.1, 0.15) is 11.7 Å². The molecule has 2 aromatic carbocycles. The number of amidine groups is 1. The molecule has 102 valence electrons. The van der Waals surface area contributed by atoms with Crippen LogP contribution in [0.15, 0.2) is 48.5 Å². The lowest BCUT2D eigenvalue weighted by Gasteiger charge is -2.11. The van der Waals surface area contributed by atoms with E-state index in [1.54, 1.807) is 30.3 Å². The largest absolute Gasteiger partial charge is 0.384 e. The van der Waals surface area contributed by atoms with Gasteiger partial charge >= 0.3 is 6.03 Å². The first kappa shape index (κ1) is 13.5. The number of halogens is 1. The van der Waals surface area contributed by atoms with Crippen LogP contribution in [-0.4, -0.2) is 11.9 Å². The van der Waals surface area contributed by atoms with Crippen molar-refractivity contribution in [2.45, 2.75) is 0 Å². The number of urea groups is 1. The van der Waals surface area contributed by atoms with Crippen molar-refractivity contribution in [2.24, 2.45) is 5.73 Å². The van der Waals surface area contributed by atoms with E-state index >= 15 is 0 Å². The predicted octanol–water partition coefficient (Wildman–Crippen LogP) is 2.75. The van der Waals surface area contributed by atoms with E-state index in [1.165, 1.54) is 18.2 Å². The molecule has 0 aliphatic heterocycles. The molecule has 20 heavy (non-hydrogen) atoms. The van der Waals surface area contributed by atoms with Crippen molar-refractivity contribution in [3.8, 4) is 0 Å². The van der Waals surface area contributed by atoms with Gasteiger partial charge in [-0.15, -0.1) is 0 Å². The number of hydrogen-bond acceptors (Lipinski definition) is 2. The minimum absolute atomic E-state index is 0.0744. The van der Waals surface area contributed by atoms with Gasteiger partial charge in [-0.3, -0.25) is 5.41 Å². The van der Waals surface area contributed by atoms with Gasteiger partial charge in [-0.25, -0.2) is 9.18 Å². The van der Waals surface area contributed by atoms with Crippen molar-refractivity contribution in [1.29, 1.82) is 5.41 Å². The summed E-state index contributed by atoms with van der Waals surface area (Å²) in [5.74, 6) is -0.686. The van der Waals surface area contributed by atoms with Gasteiger partial charge in [-0.05, 0) is 24.3 Å². The van der Waals surface area contributed by atoms with E-state index in [0.717, 1.165) is 0 Å². The summed E-state index contributed by atoms with van der Waals surface area (Å²) in [7, 11) is 0. The van der Waals surface area contributed by atoms with Crippen molar-refractivity contribution in [3.63, 3.8) is 0 Å². The van der Waals surface area contributed by atoms with Crippen LogP contribution >= 0.6 is 0 Å². The highest BCUT2D eigenvalue weighted by Gasteiger charge is 2.09. The molecular weight excluding hydrogens is 259 g/mol. The standard InChI is InChI=1S/C14H13FN4O/c15-10-6-2-4-8-12(10)19-14(20)18-11-7-3-1-5-9(11)13(16)17/h1-8H,(H3,16,17)(H2,18,19,20). The van der Waals surface area contributed by atoms with Crippen LogP contribution < -0.4 is 16.4 Å². The van der Waals surface area contributed by atoms with E-state index in [-0.39, 0.29) is 11.5 Å². The van der Waals surface area contributed by atoms with E-state index in [0.29, 0.717) is 11.3 Å². The Morgan fingerprint density at radius 3 is 2.20 bits per heavy atom. The molecular formula is C14H13FN4O. The molecule has 2 amide bonds. The molecule has 0 saturated carbocycles. The van der Waals surface area contributed by atoms with Gasteiger partial charge in [0.2, 0.25) is 0 Å². The number of carbonyl (C=O) groups is 1. The first-order valence-electron chi connectivity index (χ1n) is 5.84. The first-order chi connectivity index (χ1) is 9.58. The zero-order valence-corrected chi connectivity index (χ0v) is 10.5. The third-order valence-corrected chi connectivity index (χ3v) is 2.59. The normalized spacial score (nSPS) is 9.85. The third kappa shape index (κ3) is 3.11. The van der Waals surface area contributed by atoms with Gasteiger partial charge in [-0.2, -0.15) is 0 Å². The Bertz CT molecular complexity index is 657. The summed E-state index contributed by atoms with van der Waals surface area (Å²) in [6, 6.07) is 11.9. The smallest absolute Gasteiger partial charge is 0.323 e. The maximum Gasteiger partial charge on any atom is 0.323 e. The second kappa shape index (κ2) is 5.83. The van der Waals surface area contributed by atoms with Crippen LogP contribution in [-0.2, 0) is 0 Å². The molecule has 0 heterocycles. The second-order valence-corrected chi connectivity index (χ2v) is 4.02. The Labute approximate surface area is 115 Å². The summed E-state index contributed by atoms with van der Waals surface area (Å²) in [5.41, 5.74) is 6.28. The molecule has 6 heteroatoms. The number of amides is 2. The third-order valence-electron chi connectivity index (χ3n) is 2.59. The predicted molar refractivity (Wildman–Crippen MR) is 76.5 cm³/mol. The average molecular weight is 272 g/mol. The maximum atomic E-state index is 13.4. The molecule has 0 atom stereocenters. The van der Waals surface area contributed by atoms with E-state index in [2.05, 4.69) is 10.6 Å². The summed E-state index contributed by atoms with van der Waals surface area (Å²) in [6.07, 6.45) is 0. The molecule has 0 spiro atoms. The topological polar surface area (TPSA) is 91.0 Å². The molecule has 0 bridgehead atoms.